The molecule has 1 aliphatic rings. The van der Waals surface area contributed by atoms with E-state index in [1.54, 1.807) is 25.3 Å². The maximum atomic E-state index is 12.9. The van der Waals surface area contributed by atoms with Gasteiger partial charge in [-0.25, -0.2) is 13.1 Å². The van der Waals surface area contributed by atoms with Gasteiger partial charge in [0.1, 0.15) is 11.5 Å². The maximum absolute atomic E-state index is 12.9. The summed E-state index contributed by atoms with van der Waals surface area (Å²) in [5, 5.41) is 3.29. The van der Waals surface area contributed by atoms with E-state index in [1.165, 1.54) is 14.2 Å². The highest BCUT2D eigenvalue weighted by Crippen LogP contribution is 2.34. The summed E-state index contributed by atoms with van der Waals surface area (Å²) in [7, 11) is 0.738. The molecule has 2 rings (SSSR count). The van der Waals surface area contributed by atoms with Crippen LogP contribution in [0.4, 0.5) is 0 Å². The number of hydrogen-bond acceptors (Lipinski definition) is 6. The first-order valence-electron chi connectivity index (χ1n) is 7.88. The molecule has 1 fully saturated rings. The molecule has 0 amide bonds. The second-order valence-electron chi connectivity index (χ2n) is 6.00. The molecule has 9 heteroatoms. The highest BCUT2D eigenvalue weighted by atomic mass is 35.5. The molecule has 144 valence electrons. The Morgan fingerprint density at radius 1 is 1.12 bits per heavy atom. The van der Waals surface area contributed by atoms with Crippen LogP contribution in [0.3, 0.4) is 0 Å². The minimum atomic E-state index is -3.78. The van der Waals surface area contributed by atoms with Gasteiger partial charge in [-0.3, -0.25) is 0 Å². The predicted octanol–water partition coefficient (Wildman–Crippen LogP) is 1.42. The molecule has 1 heterocycles. The van der Waals surface area contributed by atoms with Gasteiger partial charge in [-0.15, -0.1) is 12.4 Å². The van der Waals surface area contributed by atoms with Crippen molar-refractivity contribution in [3.05, 3.63) is 18.2 Å². The molecule has 0 bridgehead atoms. The lowest BCUT2D eigenvalue weighted by Crippen LogP contribution is -2.47. The zero-order valence-corrected chi connectivity index (χ0v) is 16.5. The second kappa shape index (κ2) is 9.59. The van der Waals surface area contributed by atoms with Gasteiger partial charge in [-0.1, -0.05) is 6.07 Å². The van der Waals surface area contributed by atoms with Crippen molar-refractivity contribution in [3.8, 4) is 11.5 Å². The third-order valence-corrected chi connectivity index (χ3v) is 5.87. The quantitative estimate of drug-likeness (QED) is 0.693. The van der Waals surface area contributed by atoms with Gasteiger partial charge in [-0.2, -0.15) is 0 Å². The zero-order valence-electron chi connectivity index (χ0n) is 14.8. The molecule has 1 aromatic rings. The number of piperidine rings is 1. The van der Waals surface area contributed by atoms with Crippen molar-refractivity contribution in [2.45, 2.75) is 17.7 Å². The van der Waals surface area contributed by atoms with E-state index in [4.69, 9.17) is 14.2 Å². The largest absolute Gasteiger partial charge is 0.495 e. The van der Waals surface area contributed by atoms with Crippen LogP contribution in [-0.2, 0) is 14.8 Å². The van der Waals surface area contributed by atoms with Gasteiger partial charge in [0.05, 0.1) is 20.8 Å². The van der Waals surface area contributed by atoms with Crippen LogP contribution in [0.25, 0.3) is 0 Å². The van der Waals surface area contributed by atoms with Crippen LogP contribution in [0.15, 0.2) is 23.1 Å². The Morgan fingerprint density at radius 2 is 1.68 bits per heavy atom. The third kappa shape index (κ3) is 5.21. The monoisotopic (exact) mass is 394 g/mol. The molecule has 0 spiro atoms. The molecule has 2 N–H and O–H groups in total. The molecule has 7 nitrogen and oxygen atoms in total. The number of halogens is 1. The van der Waals surface area contributed by atoms with Crippen LogP contribution >= 0.6 is 12.4 Å². The van der Waals surface area contributed by atoms with Crippen molar-refractivity contribution in [2.75, 3.05) is 47.6 Å². The van der Waals surface area contributed by atoms with Gasteiger partial charge in [0.15, 0.2) is 4.90 Å². The number of rotatable bonds is 8. The van der Waals surface area contributed by atoms with E-state index in [0.717, 1.165) is 25.9 Å². The number of ether oxygens (including phenoxy) is 3. The Bertz CT molecular complexity index is 620. The Kier molecular flexibility index (Phi) is 8.43. The molecule has 25 heavy (non-hydrogen) atoms. The Labute approximate surface area is 155 Å². The van der Waals surface area contributed by atoms with Crippen molar-refractivity contribution in [3.63, 3.8) is 0 Å². The van der Waals surface area contributed by atoms with Gasteiger partial charge in [-0.05, 0) is 38.1 Å². The maximum Gasteiger partial charge on any atom is 0.247 e. The molecule has 1 aliphatic heterocycles. The Hall–Kier alpha value is -1.06. The minimum Gasteiger partial charge on any atom is -0.495 e. The highest BCUT2D eigenvalue weighted by Gasteiger charge is 2.35. The normalized spacial score (nSPS) is 16.8. The van der Waals surface area contributed by atoms with E-state index in [-0.39, 0.29) is 34.2 Å². The lowest BCUT2D eigenvalue weighted by atomic mass is 9.80. The van der Waals surface area contributed by atoms with E-state index in [9.17, 15) is 8.42 Å². The van der Waals surface area contributed by atoms with E-state index >= 15 is 0 Å². The van der Waals surface area contributed by atoms with Gasteiger partial charge < -0.3 is 19.5 Å². The fourth-order valence-corrected chi connectivity index (χ4v) is 4.51. The summed E-state index contributed by atoms with van der Waals surface area (Å²) >= 11 is 0. The van der Waals surface area contributed by atoms with Crippen LogP contribution in [0.5, 0.6) is 11.5 Å². The molecular weight excluding hydrogens is 368 g/mol. The molecule has 1 saturated heterocycles. The van der Waals surface area contributed by atoms with Crippen LogP contribution in [-0.4, -0.2) is 56.0 Å². The number of methoxy groups -OCH3 is 3. The molecule has 0 saturated carbocycles. The summed E-state index contributed by atoms with van der Waals surface area (Å²) in [5.74, 6) is 0.515. The molecule has 0 unspecified atom stereocenters. The summed E-state index contributed by atoms with van der Waals surface area (Å²) in [4.78, 5) is 0.0245. The average molecular weight is 395 g/mol. The van der Waals surface area contributed by atoms with Crippen molar-refractivity contribution < 1.29 is 22.6 Å². The van der Waals surface area contributed by atoms with Crippen LogP contribution in [0.1, 0.15) is 12.8 Å². The molecular formula is C16H27ClN2O5S. The molecule has 0 aliphatic carbocycles. The van der Waals surface area contributed by atoms with E-state index in [0.29, 0.717) is 13.2 Å². The van der Waals surface area contributed by atoms with Gasteiger partial charge in [0, 0.05) is 19.1 Å². The fraction of sp³-hybridized carbons (Fsp3) is 0.625. The summed E-state index contributed by atoms with van der Waals surface area (Å²) in [6.45, 7) is 2.53. The zero-order chi connectivity index (χ0) is 17.6. The number of benzene rings is 1. The van der Waals surface area contributed by atoms with E-state index < -0.39 is 10.0 Å². The molecule has 0 atom stereocenters. The Balaban J connectivity index is 0.00000312. The molecule has 0 aromatic heterocycles. The first kappa shape index (κ1) is 22.0. The Morgan fingerprint density at radius 3 is 2.16 bits per heavy atom. The lowest BCUT2D eigenvalue weighted by molar-refractivity contribution is 0.0577. The summed E-state index contributed by atoms with van der Waals surface area (Å²) in [6.07, 6.45) is 1.71. The summed E-state index contributed by atoms with van der Waals surface area (Å²) < 4.78 is 44.2. The van der Waals surface area contributed by atoms with Gasteiger partial charge >= 0.3 is 0 Å². The van der Waals surface area contributed by atoms with Gasteiger partial charge in [0.2, 0.25) is 10.0 Å². The first-order valence-corrected chi connectivity index (χ1v) is 9.37. The first-order chi connectivity index (χ1) is 11.5. The van der Waals surface area contributed by atoms with Crippen LogP contribution < -0.4 is 19.5 Å². The van der Waals surface area contributed by atoms with Crippen LogP contribution in [0, 0.1) is 5.41 Å². The standard InChI is InChI=1S/C16H26N2O5S.ClH/c1-21-12-16(7-9-17-10-8-16)11-18-24(19,20)15-13(22-2)5-4-6-14(15)23-3;/h4-6,17-18H,7-12H2,1-3H3;1H. The second-order valence-corrected chi connectivity index (χ2v) is 7.70. The molecule has 1 aromatic carbocycles. The number of sulfonamides is 1. The topological polar surface area (TPSA) is 85.9 Å². The third-order valence-electron chi connectivity index (χ3n) is 4.40. The highest BCUT2D eigenvalue weighted by molar-refractivity contribution is 7.89. The van der Waals surface area contributed by atoms with Crippen molar-refractivity contribution in [1.29, 1.82) is 0 Å². The van der Waals surface area contributed by atoms with Gasteiger partial charge in [0.25, 0.3) is 0 Å². The lowest BCUT2D eigenvalue weighted by Gasteiger charge is -2.37. The SMILES string of the molecule is COCC1(CNS(=O)(=O)c2c(OC)cccc2OC)CCNCC1.Cl. The predicted molar refractivity (Wildman–Crippen MR) is 98.4 cm³/mol. The van der Waals surface area contributed by atoms with Crippen molar-refractivity contribution >= 4 is 22.4 Å². The van der Waals surface area contributed by atoms with Crippen molar-refractivity contribution in [1.82, 2.24) is 10.0 Å². The number of nitrogens with one attached hydrogen (secondary N) is 2. The van der Waals surface area contributed by atoms with E-state index in [1.807, 2.05) is 0 Å². The van der Waals surface area contributed by atoms with Crippen molar-refractivity contribution in [2.24, 2.45) is 5.41 Å². The van der Waals surface area contributed by atoms with Crippen LogP contribution in [0.2, 0.25) is 0 Å². The fourth-order valence-electron chi connectivity index (χ4n) is 3.04. The minimum absolute atomic E-state index is 0. The smallest absolute Gasteiger partial charge is 0.247 e. The molecule has 0 radical (unpaired) electrons. The summed E-state index contributed by atoms with van der Waals surface area (Å²) in [5.41, 5.74) is -0.206. The number of hydrogen-bond donors (Lipinski definition) is 2. The summed E-state index contributed by atoms with van der Waals surface area (Å²) in [6, 6.07) is 4.90. The van der Waals surface area contributed by atoms with E-state index in [2.05, 4.69) is 10.0 Å². The average Bonchev–Trinajstić information content (AvgIpc) is 2.60.